The van der Waals surface area contributed by atoms with Crippen LogP contribution >= 0.6 is 0 Å². The van der Waals surface area contributed by atoms with Gasteiger partial charge in [-0.15, -0.1) is 0 Å². The number of rotatable bonds is 3. The Labute approximate surface area is 100 Å². The van der Waals surface area contributed by atoms with Crippen molar-refractivity contribution < 1.29 is 14.3 Å². The molecule has 1 heterocycles. The van der Waals surface area contributed by atoms with Crippen LogP contribution in [0.25, 0.3) is 0 Å². The molecule has 94 valence electrons. The number of ketones is 1. The molecule has 4 heteroatoms. The highest BCUT2D eigenvalue weighted by Gasteiger charge is 2.22. The first kappa shape index (κ1) is 13.5. The van der Waals surface area contributed by atoms with Gasteiger partial charge in [-0.3, -0.25) is 4.79 Å². The van der Waals surface area contributed by atoms with Crippen LogP contribution in [0.4, 0.5) is 0 Å². The minimum Gasteiger partial charge on any atom is -0.507 e. The van der Waals surface area contributed by atoms with Crippen molar-refractivity contribution in [1.29, 1.82) is 0 Å². The zero-order valence-corrected chi connectivity index (χ0v) is 10.7. The Morgan fingerprint density at radius 3 is 2.47 bits per heavy atom. The molecule has 0 aliphatic carbocycles. The highest BCUT2D eigenvalue weighted by molar-refractivity contribution is 5.83. The van der Waals surface area contributed by atoms with E-state index in [1.807, 2.05) is 20.8 Å². The molecule has 17 heavy (non-hydrogen) atoms. The number of hydrogen-bond donors (Lipinski definition) is 1. The molecule has 0 fully saturated rings. The highest BCUT2D eigenvalue weighted by atomic mass is 16.4. The zero-order chi connectivity index (χ0) is 13.2. The van der Waals surface area contributed by atoms with E-state index in [1.165, 1.54) is 6.07 Å². The average molecular weight is 238 g/mol. The summed E-state index contributed by atoms with van der Waals surface area (Å²) in [6, 6.07) is 1.39. The molecule has 0 unspecified atom stereocenters. The second-order valence-electron chi connectivity index (χ2n) is 5.18. The zero-order valence-electron chi connectivity index (χ0n) is 10.7. The van der Waals surface area contributed by atoms with E-state index in [0.29, 0.717) is 5.76 Å². The van der Waals surface area contributed by atoms with Crippen molar-refractivity contribution >= 4 is 5.78 Å². The quantitative estimate of drug-likeness (QED) is 0.876. The number of carbonyl (C=O) groups excluding carboxylic acids is 1. The lowest BCUT2D eigenvalue weighted by atomic mass is 9.87. The van der Waals surface area contributed by atoms with Crippen LogP contribution in [0.15, 0.2) is 15.3 Å². The van der Waals surface area contributed by atoms with Gasteiger partial charge in [-0.2, -0.15) is 0 Å². The lowest BCUT2D eigenvalue weighted by molar-refractivity contribution is -0.126. The smallest absolute Gasteiger partial charge is 0.342 e. The van der Waals surface area contributed by atoms with Crippen LogP contribution in [0.1, 0.15) is 38.5 Å². The van der Waals surface area contributed by atoms with E-state index >= 15 is 0 Å². The Hall–Kier alpha value is -1.58. The van der Waals surface area contributed by atoms with Gasteiger partial charge in [-0.1, -0.05) is 20.8 Å². The van der Waals surface area contributed by atoms with Crippen molar-refractivity contribution in [2.24, 2.45) is 5.41 Å². The SMILES string of the molecule is Cc1cc(O)c(CCC(=O)C(C)(C)C)c(=O)o1. The molecule has 0 bridgehead atoms. The molecular formula is C13H18O4. The molecule has 0 aliphatic heterocycles. The summed E-state index contributed by atoms with van der Waals surface area (Å²) in [6.45, 7) is 7.07. The second-order valence-corrected chi connectivity index (χ2v) is 5.18. The van der Waals surface area contributed by atoms with E-state index in [2.05, 4.69) is 0 Å². The topological polar surface area (TPSA) is 67.5 Å². The largest absolute Gasteiger partial charge is 0.507 e. The van der Waals surface area contributed by atoms with Gasteiger partial charge in [0.2, 0.25) is 0 Å². The number of Topliss-reactive ketones (excluding diaryl/α,β-unsaturated/α-hetero) is 1. The van der Waals surface area contributed by atoms with E-state index in [0.717, 1.165) is 0 Å². The number of aromatic hydroxyl groups is 1. The van der Waals surface area contributed by atoms with Gasteiger partial charge in [0.15, 0.2) is 0 Å². The van der Waals surface area contributed by atoms with Crippen molar-refractivity contribution in [1.82, 2.24) is 0 Å². The van der Waals surface area contributed by atoms with Crippen LogP contribution in [0.5, 0.6) is 5.75 Å². The van der Waals surface area contributed by atoms with Gasteiger partial charge in [-0.25, -0.2) is 4.79 Å². The number of carbonyl (C=O) groups is 1. The predicted molar refractivity (Wildman–Crippen MR) is 64.2 cm³/mol. The molecule has 1 aromatic heterocycles. The summed E-state index contributed by atoms with van der Waals surface area (Å²) >= 11 is 0. The van der Waals surface area contributed by atoms with Gasteiger partial charge in [-0.05, 0) is 13.3 Å². The molecule has 1 rings (SSSR count). The predicted octanol–water partition coefficient (Wildman–Crippen LogP) is 2.20. The fraction of sp³-hybridized carbons (Fsp3) is 0.538. The molecule has 0 spiro atoms. The summed E-state index contributed by atoms with van der Waals surface area (Å²) in [7, 11) is 0. The average Bonchev–Trinajstić information content (AvgIpc) is 2.13. The third-order valence-corrected chi connectivity index (χ3v) is 2.59. The molecule has 1 N–H and O–H groups in total. The Morgan fingerprint density at radius 2 is 2.00 bits per heavy atom. The minimum atomic E-state index is -0.566. The van der Waals surface area contributed by atoms with Crippen molar-refractivity contribution in [2.45, 2.75) is 40.5 Å². The Bertz CT molecular complexity index is 477. The van der Waals surface area contributed by atoms with Crippen molar-refractivity contribution in [3.63, 3.8) is 0 Å². The third-order valence-electron chi connectivity index (χ3n) is 2.59. The maximum absolute atomic E-state index is 11.7. The van der Waals surface area contributed by atoms with Crippen molar-refractivity contribution in [3.05, 3.63) is 27.8 Å². The van der Waals surface area contributed by atoms with Gasteiger partial charge < -0.3 is 9.52 Å². The molecule has 0 saturated carbocycles. The first-order valence-corrected chi connectivity index (χ1v) is 5.57. The van der Waals surface area contributed by atoms with Crippen LogP contribution in [0, 0.1) is 12.3 Å². The van der Waals surface area contributed by atoms with Crippen LogP contribution in [-0.4, -0.2) is 10.9 Å². The van der Waals surface area contributed by atoms with Gasteiger partial charge >= 0.3 is 5.63 Å². The minimum absolute atomic E-state index is 0.0527. The van der Waals surface area contributed by atoms with E-state index < -0.39 is 11.0 Å². The molecule has 0 radical (unpaired) electrons. The number of aryl methyl sites for hydroxylation is 1. The van der Waals surface area contributed by atoms with Crippen LogP contribution < -0.4 is 5.63 Å². The maximum atomic E-state index is 11.7. The molecule has 0 saturated heterocycles. The lowest BCUT2D eigenvalue weighted by Gasteiger charge is -2.16. The molecular weight excluding hydrogens is 220 g/mol. The highest BCUT2D eigenvalue weighted by Crippen LogP contribution is 2.21. The van der Waals surface area contributed by atoms with E-state index in [1.54, 1.807) is 6.92 Å². The van der Waals surface area contributed by atoms with E-state index in [-0.39, 0.29) is 29.9 Å². The summed E-state index contributed by atoms with van der Waals surface area (Å²) in [5.41, 5.74) is -0.821. The maximum Gasteiger partial charge on any atom is 0.342 e. The fourth-order valence-electron chi connectivity index (χ4n) is 1.47. The summed E-state index contributed by atoms with van der Waals surface area (Å²) in [4.78, 5) is 23.2. The molecule has 0 atom stereocenters. The lowest BCUT2D eigenvalue weighted by Crippen LogP contribution is -2.21. The van der Waals surface area contributed by atoms with E-state index in [9.17, 15) is 14.7 Å². The van der Waals surface area contributed by atoms with Gasteiger partial charge in [0.1, 0.15) is 17.3 Å². The summed E-state index contributed by atoms with van der Waals surface area (Å²) in [5, 5.41) is 9.62. The first-order chi connectivity index (χ1) is 7.71. The van der Waals surface area contributed by atoms with Crippen LogP contribution in [0.3, 0.4) is 0 Å². The summed E-state index contributed by atoms with van der Waals surface area (Å²) in [6.07, 6.45) is 0.440. The van der Waals surface area contributed by atoms with Gasteiger partial charge in [0, 0.05) is 17.9 Å². The number of hydrogen-bond acceptors (Lipinski definition) is 4. The normalized spacial score (nSPS) is 11.5. The van der Waals surface area contributed by atoms with Crippen molar-refractivity contribution in [3.8, 4) is 5.75 Å². The van der Waals surface area contributed by atoms with Gasteiger partial charge in [0.25, 0.3) is 0 Å². The Balaban J connectivity index is 2.84. The third kappa shape index (κ3) is 3.44. The van der Waals surface area contributed by atoms with Gasteiger partial charge in [0.05, 0.1) is 5.56 Å². The molecule has 0 amide bonds. The van der Waals surface area contributed by atoms with E-state index in [4.69, 9.17) is 4.42 Å². The second kappa shape index (κ2) is 4.73. The molecule has 0 aromatic carbocycles. The fourth-order valence-corrected chi connectivity index (χ4v) is 1.47. The van der Waals surface area contributed by atoms with Crippen LogP contribution in [-0.2, 0) is 11.2 Å². The molecule has 4 nitrogen and oxygen atoms in total. The first-order valence-electron chi connectivity index (χ1n) is 5.57. The van der Waals surface area contributed by atoms with Crippen LogP contribution in [0.2, 0.25) is 0 Å². The monoisotopic (exact) mass is 238 g/mol. The Kier molecular flexibility index (Phi) is 3.76. The standard InChI is InChI=1S/C13H18O4/c1-8-7-10(14)9(12(16)17-8)5-6-11(15)13(2,3)4/h7,14H,5-6H2,1-4H3. The Morgan fingerprint density at radius 1 is 1.41 bits per heavy atom. The summed E-state index contributed by atoms with van der Waals surface area (Å²) < 4.78 is 4.88. The summed E-state index contributed by atoms with van der Waals surface area (Å²) in [5.74, 6) is 0.315. The molecule has 0 aliphatic rings. The van der Waals surface area contributed by atoms with Crippen molar-refractivity contribution in [2.75, 3.05) is 0 Å². The molecule has 1 aromatic rings.